The highest BCUT2D eigenvalue weighted by molar-refractivity contribution is 5.50. The van der Waals surface area contributed by atoms with E-state index in [0.717, 1.165) is 23.6 Å². The lowest BCUT2D eigenvalue weighted by molar-refractivity contribution is 0.540. The lowest BCUT2D eigenvalue weighted by Crippen LogP contribution is -2.32. The predicted octanol–water partition coefficient (Wildman–Crippen LogP) is 3.88. The molecule has 5 nitrogen and oxygen atoms in total. The first-order valence-electron chi connectivity index (χ1n) is 8.24. The summed E-state index contributed by atoms with van der Waals surface area (Å²) >= 11 is 0. The van der Waals surface area contributed by atoms with E-state index in [1.807, 2.05) is 35.0 Å². The van der Waals surface area contributed by atoms with Crippen molar-refractivity contribution < 1.29 is 0 Å². The van der Waals surface area contributed by atoms with Crippen molar-refractivity contribution in [2.24, 2.45) is 0 Å². The second-order valence-electron chi connectivity index (χ2n) is 6.47. The average molecular weight is 321 g/mol. The molecule has 0 spiro atoms. The van der Waals surface area contributed by atoms with E-state index >= 15 is 0 Å². The molecule has 5 heteroatoms. The van der Waals surface area contributed by atoms with Gasteiger partial charge in [0, 0.05) is 5.69 Å². The molecule has 3 aromatic rings. The number of rotatable bonds is 5. The van der Waals surface area contributed by atoms with Crippen molar-refractivity contribution in [2.45, 2.75) is 39.7 Å². The minimum atomic E-state index is -0.419. The Morgan fingerprint density at radius 1 is 1.04 bits per heavy atom. The highest BCUT2D eigenvalue weighted by atomic mass is 15.6. The number of aromatic nitrogens is 4. The molecule has 1 heterocycles. The van der Waals surface area contributed by atoms with E-state index in [1.54, 1.807) is 0 Å². The molecule has 1 N–H and O–H groups in total. The summed E-state index contributed by atoms with van der Waals surface area (Å²) in [6, 6.07) is 16.4. The van der Waals surface area contributed by atoms with Crippen LogP contribution in [-0.2, 0) is 12.0 Å². The molecule has 24 heavy (non-hydrogen) atoms. The molecule has 0 aliphatic rings. The maximum absolute atomic E-state index is 4.32. The second-order valence-corrected chi connectivity index (χ2v) is 6.47. The highest BCUT2D eigenvalue weighted by Crippen LogP contribution is 2.27. The third kappa shape index (κ3) is 3.02. The summed E-state index contributed by atoms with van der Waals surface area (Å²) in [5.74, 6) is 0.787. The van der Waals surface area contributed by atoms with Crippen LogP contribution in [0, 0.1) is 6.92 Å². The van der Waals surface area contributed by atoms with Gasteiger partial charge < -0.3 is 5.32 Å². The van der Waals surface area contributed by atoms with Crippen LogP contribution in [0.25, 0.3) is 5.69 Å². The van der Waals surface area contributed by atoms with E-state index in [2.05, 4.69) is 66.7 Å². The molecule has 0 unspecified atom stereocenters. The number of para-hydroxylation sites is 2. The number of benzene rings is 2. The van der Waals surface area contributed by atoms with E-state index in [1.165, 1.54) is 11.1 Å². The van der Waals surface area contributed by atoms with E-state index in [0.29, 0.717) is 0 Å². The Bertz CT molecular complexity index is 821. The van der Waals surface area contributed by atoms with Crippen molar-refractivity contribution in [3.05, 3.63) is 65.5 Å². The van der Waals surface area contributed by atoms with E-state index < -0.39 is 5.54 Å². The first kappa shape index (κ1) is 16.2. The van der Waals surface area contributed by atoms with Gasteiger partial charge in [-0.3, -0.25) is 0 Å². The number of tetrazole rings is 1. The van der Waals surface area contributed by atoms with E-state index in [4.69, 9.17) is 0 Å². The minimum Gasteiger partial charge on any atom is -0.373 e. The van der Waals surface area contributed by atoms with Gasteiger partial charge in [0.1, 0.15) is 0 Å². The Balaban J connectivity index is 2.05. The van der Waals surface area contributed by atoms with Gasteiger partial charge >= 0.3 is 0 Å². The summed E-state index contributed by atoms with van der Waals surface area (Å²) in [5.41, 5.74) is 4.09. The Kier molecular flexibility index (Phi) is 4.34. The fraction of sp³-hybridized carbons (Fsp3) is 0.316. The molecule has 1 aromatic heterocycles. The zero-order chi connectivity index (χ0) is 17.2. The van der Waals surface area contributed by atoms with Crippen molar-refractivity contribution in [3.8, 4) is 5.69 Å². The Morgan fingerprint density at radius 3 is 2.50 bits per heavy atom. The zero-order valence-corrected chi connectivity index (χ0v) is 14.6. The summed E-state index contributed by atoms with van der Waals surface area (Å²) in [6.07, 6.45) is 0.933. The van der Waals surface area contributed by atoms with Crippen LogP contribution < -0.4 is 5.32 Å². The van der Waals surface area contributed by atoms with Crippen LogP contribution in [0.15, 0.2) is 48.5 Å². The van der Waals surface area contributed by atoms with Crippen LogP contribution in [0.3, 0.4) is 0 Å². The summed E-state index contributed by atoms with van der Waals surface area (Å²) in [5, 5.41) is 16.1. The molecule has 2 aromatic carbocycles. The summed E-state index contributed by atoms with van der Waals surface area (Å²) < 4.78 is 1.87. The average Bonchev–Trinajstić information content (AvgIpc) is 3.05. The smallest absolute Gasteiger partial charge is 0.181 e. The van der Waals surface area contributed by atoms with Crippen LogP contribution in [-0.4, -0.2) is 20.2 Å². The van der Waals surface area contributed by atoms with Crippen molar-refractivity contribution in [2.75, 3.05) is 5.32 Å². The molecule has 0 atom stereocenters. The van der Waals surface area contributed by atoms with Gasteiger partial charge in [0.15, 0.2) is 5.82 Å². The Labute approximate surface area is 142 Å². The van der Waals surface area contributed by atoms with Crippen molar-refractivity contribution in [3.63, 3.8) is 0 Å². The maximum Gasteiger partial charge on any atom is 0.181 e. The molecule has 0 amide bonds. The summed E-state index contributed by atoms with van der Waals surface area (Å²) in [7, 11) is 0. The standard InChI is InChI=1S/C19H23N5/c1-5-15-11-9-10-14(2)17(15)24-18(21-22-23-24)19(3,4)20-16-12-7-6-8-13-16/h6-13,20H,5H2,1-4H3. The van der Waals surface area contributed by atoms with Gasteiger partial charge in [-0.05, 0) is 60.9 Å². The molecule has 124 valence electrons. The van der Waals surface area contributed by atoms with Crippen LogP contribution in [0.5, 0.6) is 0 Å². The third-order valence-electron chi connectivity index (χ3n) is 4.17. The van der Waals surface area contributed by atoms with Gasteiger partial charge in [-0.2, -0.15) is 4.68 Å². The summed E-state index contributed by atoms with van der Waals surface area (Å²) in [6.45, 7) is 8.42. The van der Waals surface area contributed by atoms with Gasteiger partial charge in [0.2, 0.25) is 0 Å². The van der Waals surface area contributed by atoms with Crippen molar-refractivity contribution in [1.82, 2.24) is 20.2 Å². The number of hydrogen-bond donors (Lipinski definition) is 1. The summed E-state index contributed by atoms with van der Waals surface area (Å²) in [4.78, 5) is 0. The number of anilines is 1. The maximum atomic E-state index is 4.32. The first-order chi connectivity index (χ1) is 11.5. The Hall–Kier alpha value is -2.69. The van der Waals surface area contributed by atoms with Gasteiger partial charge in [0.25, 0.3) is 0 Å². The Morgan fingerprint density at radius 2 is 1.79 bits per heavy atom. The fourth-order valence-corrected chi connectivity index (χ4v) is 2.97. The first-order valence-corrected chi connectivity index (χ1v) is 8.24. The third-order valence-corrected chi connectivity index (χ3v) is 4.17. The topological polar surface area (TPSA) is 55.6 Å². The lowest BCUT2D eigenvalue weighted by Gasteiger charge is -2.27. The second kappa shape index (κ2) is 6.43. The van der Waals surface area contributed by atoms with Gasteiger partial charge in [-0.25, -0.2) is 0 Å². The van der Waals surface area contributed by atoms with Crippen LogP contribution in [0.4, 0.5) is 5.69 Å². The van der Waals surface area contributed by atoms with E-state index in [9.17, 15) is 0 Å². The molecule has 0 saturated heterocycles. The fourth-order valence-electron chi connectivity index (χ4n) is 2.97. The largest absolute Gasteiger partial charge is 0.373 e. The quantitative estimate of drug-likeness (QED) is 0.775. The zero-order valence-electron chi connectivity index (χ0n) is 14.6. The number of aryl methyl sites for hydroxylation is 2. The molecular weight excluding hydrogens is 298 g/mol. The molecule has 0 aliphatic heterocycles. The SMILES string of the molecule is CCc1cccc(C)c1-n1nnnc1C(C)(C)Nc1ccccc1. The van der Waals surface area contributed by atoms with Crippen LogP contribution in [0.2, 0.25) is 0 Å². The molecule has 0 radical (unpaired) electrons. The van der Waals surface area contributed by atoms with Gasteiger partial charge in [-0.1, -0.05) is 43.3 Å². The normalized spacial score (nSPS) is 11.5. The van der Waals surface area contributed by atoms with Gasteiger partial charge in [0.05, 0.1) is 11.2 Å². The van der Waals surface area contributed by atoms with Crippen LogP contribution in [0.1, 0.15) is 37.7 Å². The van der Waals surface area contributed by atoms with E-state index in [-0.39, 0.29) is 0 Å². The number of nitrogens with zero attached hydrogens (tertiary/aromatic N) is 4. The van der Waals surface area contributed by atoms with Gasteiger partial charge in [-0.15, -0.1) is 5.10 Å². The molecule has 0 fully saturated rings. The molecule has 3 rings (SSSR count). The molecule has 0 aliphatic carbocycles. The number of nitrogens with one attached hydrogen (secondary N) is 1. The van der Waals surface area contributed by atoms with Crippen LogP contribution >= 0.6 is 0 Å². The predicted molar refractivity (Wildman–Crippen MR) is 96.4 cm³/mol. The van der Waals surface area contributed by atoms with Crippen molar-refractivity contribution in [1.29, 1.82) is 0 Å². The van der Waals surface area contributed by atoms with Crippen molar-refractivity contribution >= 4 is 5.69 Å². The highest BCUT2D eigenvalue weighted by Gasteiger charge is 2.29. The lowest BCUT2D eigenvalue weighted by atomic mass is 10.0. The minimum absolute atomic E-state index is 0.419. The monoisotopic (exact) mass is 321 g/mol. The molecule has 0 bridgehead atoms. The number of hydrogen-bond acceptors (Lipinski definition) is 4. The molecule has 0 saturated carbocycles. The molecular formula is C19H23N5.